The summed E-state index contributed by atoms with van der Waals surface area (Å²) in [6.07, 6.45) is 2.48. The van der Waals surface area contributed by atoms with Crippen LogP contribution in [0.2, 0.25) is 0 Å². The van der Waals surface area contributed by atoms with E-state index in [-0.39, 0.29) is 5.91 Å². The highest BCUT2D eigenvalue weighted by Gasteiger charge is 2.23. The van der Waals surface area contributed by atoms with Crippen LogP contribution < -0.4 is 4.90 Å². The van der Waals surface area contributed by atoms with E-state index in [0.717, 1.165) is 36.2 Å². The minimum atomic E-state index is -0.0776. The summed E-state index contributed by atoms with van der Waals surface area (Å²) < 4.78 is 5.02. The molecular weight excluding hydrogens is 318 g/mol. The Morgan fingerprint density at radius 2 is 2.00 bits per heavy atom. The summed E-state index contributed by atoms with van der Waals surface area (Å²) >= 11 is 0. The van der Waals surface area contributed by atoms with E-state index in [1.807, 2.05) is 29.2 Å². The van der Waals surface area contributed by atoms with Crippen molar-refractivity contribution in [1.29, 1.82) is 0 Å². The predicted molar refractivity (Wildman–Crippen MR) is 93.5 cm³/mol. The number of hydrogen-bond acceptors (Lipinski definition) is 6. The van der Waals surface area contributed by atoms with Crippen molar-refractivity contribution in [1.82, 2.24) is 20.0 Å². The van der Waals surface area contributed by atoms with Crippen molar-refractivity contribution in [2.75, 3.05) is 31.1 Å². The van der Waals surface area contributed by atoms with E-state index < -0.39 is 0 Å². The maximum absolute atomic E-state index is 12.6. The first kappa shape index (κ1) is 15.6. The standard InChI is InChI=1S/C18H19N5O2/c1-13-11-16(21-25-13)18(24)23-8-4-7-22(9-10-23)17-14-5-2-3-6-15(14)19-12-20-17/h2-3,5-6,11-12H,4,7-10H2,1H3. The smallest absolute Gasteiger partial charge is 0.276 e. The Balaban J connectivity index is 1.54. The summed E-state index contributed by atoms with van der Waals surface area (Å²) in [7, 11) is 0. The van der Waals surface area contributed by atoms with Gasteiger partial charge < -0.3 is 14.3 Å². The van der Waals surface area contributed by atoms with E-state index in [2.05, 4.69) is 20.0 Å². The lowest BCUT2D eigenvalue weighted by Crippen LogP contribution is -2.35. The van der Waals surface area contributed by atoms with Crippen LogP contribution in [0.15, 0.2) is 41.2 Å². The topological polar surface area (TPSA) is 75.4 Å². The van der Waals surface area contributed by atoms with Gasteiger partial charge >= 0.3 is 0 Å². The summed E-state index contributed by atoms with van der Waals surface area (Å²) in [5, 5.41) is 4.88. The van der Waals surface area contributed by atoms with Crippen LogP contribution in [0, 0.1) is 6.92 Å². The molecule has 4 rings (SSSR count). The molecule has 2 aromatic heterocycles. The number of hydrogen-bond donors (Lipinski definition) is 0. The third-order valence-electron chi connectivity index (χ3n) is 4.45. The molecule has 1 amide bonds. The molecule has 0 radical (unpaired) electrons. The van der Waals surface area contributed by atoms with Crippen molar-refractivity contribution in [3.63, 3.8) is 0 Å². The number of aromatic nitrogens is 3. The molecule has 0 spiro atoms. The highest BCUT2D eigenvalue weighted by Crippen LogP contribution is 2.23. The lowest BCUT2D eigenvalue weighted by atomic mass is 10.2. The molecule has 0 N–H and O–H groups in total. The molecule has 3 aromatic rings. The fourth-order valence-electron chi connectivity index (χ4n) is 3.20. The van der Waals surface area contributed by atoms with Gasteiger partial charge in [0.25, 0.3) is 5.91 Å². The second-order valence-corrected chi connectivity index (χ2v) is 6.17. The molecule has 0 bridgehead atoms. The summed E-state index contributed by atoms with van der Waals surface area (Å²) in [4.78, 5) is 25.5. The molecule has 3 heterocycles. The van der Waals surface area contributed by atoms with Gasteiger partial charge in [-0.1, -0.05) is 17.3 Å². The Morgan fingerprint density at radius 3 is 2.84 bits per heavy atom. The third kappa shape index (κ3) is 3.05. The lowest BCUT2D eigenvalue weighted by molar-refractivity contribution is 0.0756. The van der Waals surface area contributed by atoms with Crippen molar-refractivity contribution < 1.29 is 9.32 Å². The first-order valence-electron chi connectivity index (χ1n) is 8.39. The van der Waals surface area contributed by atoms with Crippen LogP contribution >= 0.6 is 0 Å². The number of para-hydroxylation sites is 1. The molecule has 0 saturated carbocycles. The number of anilines is 1. The van der Waals surface area contributed by atoms with Crippen molar-refractivity contribution in [2.24, 2.45) is 0 Å². The van der Waals surface area contributed by atoms with Gasteiger partial charge in [-0.2, -0.15) is 0 Å². The van der Waals surface area contributed by atoms with Crippen molar-refractivity contribution in [2.45, 2.75) is 13.3 Å². The average molecular weight is 337 g/mol. The van der Waals surface area contributed by atoms with Gasteiger partial charge in [0.05, 0.1) is 5.52 Å². The number of amides is 1. The van der Waals surface area contributed by atoms with Gasteiger partial charge in [-0.25, -0.2) is 9.97 Å². The fourth-order valence-corrected chi connectivity index (χ4v) is 3.20. The summed E-state index contributed by atoms with van der Waals surface area (Å²) in [5.41, 5.74) is 1.31. The van der Waals surface area contributed by atoms with Gasteiger partial charge in [-0.15, -0.1) is 0 Å². The van der Waals surface area contributed by atoms with Gasteiger partial charge in [0.2, 0.25) is 0 Å². The number of nitrogens with zero attached hydrogens (tertiary/aromatic N) is 5. The SMILES string of the molecule is Cc1cc(C(=O)N2CCCN(c3ncnc4ccccc34)CC2)no1. The molecule has 1 aromatic carbocycles. The van der Waals surface area contributed by atoms with E-state index in [1.54, 1.807) is 19.3 Å². The zero-order chi connectivity index (χ0) is 17.2. The highest BCUT2D eigenvalue weighted by molar-refractivity contribution is 5.92. The molecule has 0 unspecified atom stereocenters. The molecule has 7 nitrogen and oxygen atoms in total. The van der Waals surface area contributed by atoms with Gasteiger partial charge in [0, 0.05) is 37.6 Å². The molecule has 1 aliphatic rings. The van der Waals surface area contributed by atoms with Crippen LogP contribution in [0.3, 0.4) is 0 Å². The molecular formula is C18H19N5O2. The van der Waals surface area contributed by atoms with E-state index >= 15 is 0 Å². The van der Waals surface area contributed by atoms with Crippen LogP contribution in [-0.2, 0) is 0 Å². The van der Waals surface area contributed by atoms with Crippen molar-refractivity contribution in [3.05, 3.63) is 48.1 Å². The maximum atomic E-state index is 12.6. The van der Waals surface area contributed by atoms with Crippen LogP contribution in [0.25, 0.3) is 10.9 Å². The fraction of sp³-hybridized carbons (Fsp3) is 0.333. The third-order valence-corrected chi connectivity index (χ3v) is 4.45. The van der Waals surface area contributed by atoms with Gasteiger partial charge in [-0.05, 0) is 25.5 Å². The molecule has 128 valence electrons. The van der Waals surface area contributed by atoms with Gasteiger partial charge in [0.1, 0.15) is 17.9 Å². The summed E-state index contributed by atoms with van der Waals surface area (Å²) in [6, 6.07) is 9.68. The summed E-state index contributed by atoms with van der Waals surface area (Å²) in [5.74, 6) is 1.50. The largest absolute Gasteiger partial charge is 0.361 e. The number of aryl methyl sites for hydroxylation is 1. The number of fused-ring (bicyclic) bond motifs is 1. The second-order valence-electron chi connectivity index (χ2n) is 6.17. The number of benzene rings is 1. The molecule has 1 aliphatic heterocycles. The predicted octanol–water partition coefficient (Wildman–Crippen LogP) is 2.28. The molecule has 0 atom stereocenters. The zero-order valence-corrected chi connectivity index (χ0v) is 14.1. The van der Waals surface area contributed by atoms with Crippen LogP contribution in [-0.4, -0.2) is 52.1 Å². The summed E-state index contributed by atoms with van der Waals surface area (Å²) in [6.45, 7) is 4.69. The Labute approximate surface area is 145 Å². The molecule has 1 fully saturated rings. The van der Waals surface area contributed by atoms with Gasteiger partial charge in [-0.3, -0.25) is 4.79 Å². The lowest BCUT2D eigenvalue weighted by Gasteiger charge is -2.23. The van der Waals surface area contributed by atoms with E-state index in [1.165, 1.54) is 0 Å². The van der Waals surface area contributed by atoms with Crippen molar-refractivity contribution in [3.8, 4) is 0 Å². The minimum absolute atomic E-state index is 0.0776. The average Bonchev–Trinajstić information content (AvgIpc) is 2.93. The Kier molecular flexibility index (Phi) is 4.05. The molecule has 25 heavy (non-hydrogen) atoms. The Bertz CT molecular complexity index is 902. The highest BCUT2D eigenvalue weighted by atomic mass is 16.5. The van der Waals surface area contributed by atoms with Crippen LogP contribution in [0.5, 0.6) is 0 Å². The number of rotatable bonds is 2. The van der Waals surface area contributed by atoms with E-state index in [9.17, 15) is 4.79 Å². The first-order valence-corrected chi connectivity index (χ1v) is 8.39. The monoisotopic (exact) mass is 337 g/mol. The second kappa shape index (κ2) is 6.51. The minimum Gasteiger partial charge on any atom is -0.361 e. The van der Waals surface area contributed by atoms with E-state index in [4.69, 9.17) is 4.52 Å². The van der Waals surface area contributed by atoms with Crippen LogP contribution in [0.1, 0.15) is 22.7 Å². The zero-order valence-electron chi connectivity index (χ0n) is 14.1. The first-order chi connectivity index (χ1) is 12.2. The Morgan fingerprint density at radius 1 is 1.12 bits per heavy atom. The molecule has 7 heteroatoms. The molecule has 1 saturated heterocycles. The van der Waals surface area contributed by atoms with Crippen molar-refractivity contribution >= 4 is 22.6 Å². The number of carbonyl (C=O) groups excluding carboxylic acids is 1. The van der Waals surface area contributed by atoms with Gasteiger partial charge in [0.15, 0.2) is 5.69 Å². The van der Waals surface area contributed by atoms with Crippen LogP contribution in [0.4, 0.5) is 5.82 Å². The maximum Gasteiger partial charge on any atom is 0.276 e. The molecule has 0 aliphatic carbocycles. The Hall–Kier alpha value is -2.96. The van der Waals surface area contributed by atoms with E-state index in [0.29, 0.717) is 24.5 Å². The normalized spacial score (nSPS) is 15.4. The number of carbonyl (C=O) groups is 1. The quantitative estimate of drug-likeness (QED) is 0.714.